The summed E-state index contributed by atoms with van der Waals surface area (Å²) in [5.74, 6) is 0. The number of para-hydroxylation sites is 1. The molecule has 0 unspecified atom stereocenters. The first-order valence-corrected chi connectivity index (χ1v) is 20.0. The lowest BCUT2D eigenvalue weighted by molar-refractivity contribution is 0.659. The predicted octanol–water partition coefficient (Wildman–Crippen LogP) is 15.4. The van der Waals surface area contributed by atoms with Gasteiger partial charge in [0.25, 0.3) is 0 Å². The number of hydrogen-bond acceptors (Lipinski definition) is 2. The lowest BCUT2D eigenvalue weighted by Gasteiger charge is -2.29. The molecule has 264 valence electrons. The van der Waals surface area contributed by atoms with Crippen LogP contribution < -0.4 is 4.90 Å². The number of nitrogens with zero attached hydrogens (tertiary/aromatic N) is 1. The molecule has 0 spiro atoms. The van der Waals surface area contributed by atoms with Crippen LogP contribution in [0.2, 0.25) is 0 Å². The SMILES string of the molecule is Cc1cc(C)c2c(c1)C(C)(C)c1ccc(-c3cccc(N(c4cccc(-c5ccccc5)c4)c4ccccc4-c4ccc5c(c4)sc4ccccc45)c3)cc1-2. The van der Waals surface area contributed by atoms with Crippen molar-refractivity contribution in [3.05, 3.63) is 198 Å². The van der Waals surface area contributed by atoms with E-state index in [2.05, 4.69) is 209 Å². The van der Waals surface area contributed by atoms with E-state index in [4.69, 9.17) is 0 Å². The predicted molar refractivity (Wildman–Crippen MR) is 237 cm³/mol. The second-order valence-corrected chi connectivity index (χ2v) is 16.6. The Morgan fingerprint density at radius 1 is 0.436 bits per heavy atom. The zero-order valence-electron chi connectivity index (χ0n) is 31.6. The maximum atomic E-state index is 2.44. The van der Waals surface area contributed by atoms with Crippen molar-refractivity contribution in [3.63, 3.8) is 0 Å². The van der Waals surface area contributed by atoms with Gasteiger partial charge in [-0.3, -0.25) is 0 Å². The van der Waals surface area contributed by atoms with Gasteiger partial charge in [0.05, 0.1) is 5.69 Å². The fourth-order valence-corrected chi connectivity index (χ4v) is 10.1. The van der Waals surface area contributed by atoms with Gasteiger partial charge in [-0.2, -0.15) is 0 Å². The summed E-state index contributed by atoms with van der Waals surface area (Å²) in [5.41, 5.74) is 18.8. The maximum Gasteiger partial charge on any atom is 0.0540 e. The van der Waals surface area contributed by atoms with Gasteiger partial charge in [-0.05, 0) is 118 Å². The van der Waals surface area contributed by atoms with Gasteiger partial charge in [0.2, 0.25) is 0 Å². The highest BCUT2D eigenvalue weighted by Gasteiger charge is 2.36. The van der Waals surface area contributed by atoms with Crippen molar-refractivity contribution in [2.75, 3.05) is 4.90 Å². The van der Waals surface area contributed by atoms with E-state index in [0.717, 1.165) is 17.1 Å². The minimum Gasteiger partial charge on any atom is -0.310 e. The molecule has 0 atom stereocenters. The van der Waals surface area contributed by atoms with E-state index in [1.165, 1.54) is 86.9 Å². The van der Waals surface area contributed by atoms with E-state index in [1.807, 2.05) is 11.3 Å². The number of rotatable bonds is 6. The Morgan fingerprint density at radius 3 is 1.87 bits per heavy atom. The molecular weight excluding hydrogens is 683 g/mol. The second-order valence-electron chi connectivity index (χ2n) is 15.5. The van der Waals surface area contributed by atoms with Gasteiger partial charge in [-0.1, -0.05) is 147 Å². The summed E-state index contributed by atoms with van der Waals surface area (Å²) >= 11 is 1.87. The van der Waals surface area contributed by atoms with E-state index in [9.17, 15) is 0 Å². The number of anilines is 3. The second kappa shape index (κ2) is 13.0. The third kappa shape index (κ3) is 5.60. The van der Waals surface area contributed by atoms with E-state index < -0.39 is 0 Å². The third-order valence-corrected chi connectivity index (χ3v) is 12.7. The number of aryl methyl sites for hydroxylation is 2. The van der Waals surface area contributed by atoms with Crippen molar-refractivity contribution in [1.29, 1.82) is 0 Å². The standard InChI is InChI=1S/C53H41NS/c1-34-28-35(2)52-46-32-39(25-27-47(46)53(3,4)48(52)29-34)38-17-13-19-42(31-38)54(41-18-12-16-37(30-41)36-14-6-5-7-15-36)49-22-10-8-20-43(49)40-24-26-45-44-21-9-11-23-50(44)55-51(45)33-40/h5-33H,1-4H3. The summed E-state index contributed by atoms with van der Waals surface area (Å²) in [4.78, 5) is 2.44. The number of benzene rings is 8. The molecule has 2 heteroatoms. The Balaban J connectivity index is 1.14. The Kier molecular flexibility index (Phi) is 7.87. The molecule has 0 radical (unpaired) electrons. The molecule has 0 aliphatic heterocycles. The van der Waals surface area contributed by atoms with Crippen molar-refractivity contribution in [3.8, 4) is 44.5 Å². The first-order valence-electron chi connectivity index (χ1n) is 19.2. The van der Waals surface area contributed by atoms with Crippen LogP contribution in [0.15, 0.2) is 176 Å². The van der Waals surface area contributed by atoms with Gasteiger partial charge in [-0.25, -0.2) is 0 Å². The van der Waals surface area contributed by atoms with Crippen LogP contribution in [0, 0.1) is 13.8 Å². The van der Waals surface area contributed by atoms with Crippen LogP contribution in [0.3, 0.4) is 0 Å². The Bertz CT molecular complexity index is 2930. The van der Waals surface area contributed by atoms with E-state index in [0.29, 0.717) is 0 Å². The first-order chi connectivity index (χ1) is 26.8. The summed E-state index contributed by atoms with van der Waals surface area (Å²) in [6, 6.07) is 65.1. The Morgan fingerprint density at radius 2 is 1.07 bits per heavy atom. The highest BCUT2D eigenvalue weighted by atomic mass is 32.1. The van der Waals surface area contributed by atoms with E-state index >= 15 is 0 Å². The number of thiophene rings is 1. The van der Waals surface area contributed by atoms with Crippen molar-refractivity contribution in [2.45, 2.75) is 33.1 Å². The average Bonchev–Trinajstić information content (AvgIpc) is 3.69. The molecule has 1 aromatic heterocycles. The molecule has 8 aromatic carbocycles. The summed E-state index contributed by atoms with van der Waals surface area (Å²) in [7, 11) is 0. The van der Waals surface area contributed by atoms with Gasteiger partial charge in [0.1, 0.15) is 0 Å². The summed E-state index contributed by atoms with van der Waals surface area (Å²) < 4.78 is 2.63. The molecule has 1 nitrogen and oxygen atoms in total. The lowest BCUT2D eigenvalue weighted by Crippen LogP contribution is -2.15. The minimum absolute atomic E-state index is 0.0367. The summed E-state index contributed by atoms with van der Waals surface area (Å²) in [6.07, 6.45) is 0. The van der Waals surface area contributed by atoms with Crippen LogP contribution in [-0.4, -0.2) is 0 Å². The molecule has 0 saturated carbocycles. The molecule has 0 bridgehead atoms. The van der Waals surface area contributed by atoms with Gasteiger partial charge in [0, 0.05) is 42.5 Å². The van der Waals surface area contributed by atoms with Crippen LogP contribution in [0.25, 0.3) is 64.7 Å². The van der Waals surface area contributed by atoms with Crippen molar-refractivity contribution >= 4 is 48.6 Å². The number of hydrogen-bond donors (Lipinski definition) is 0. The minimum atomic E-state index is -0.0367. The molecule has 1 aliphatic rings. The van der Waals surface area contributed by atoms with Crippen molar-refractivity contribution in [2.24, 2.45) is 0 Å². The van der Waals surface area contributed by atoms with Crippen LogP contribution in [-0.2, 0) is 5.41 Å². The van der Waals surface area contributed by atoms with E-state index in [1.54, 1.807) is 0 Å². The molecule has 0 amide bonds. The topological polar surface area (TPSA) is 3.24 Å². The molecular formula is C53H41NS. The Labute approximate surface area is 327 Å². The molecule has 0 saturated heterocycles. The summed E-state index contributed by atoms with van der Waals surface area (Å²) in [5, 5.41) is 2.63. The fourth-order valence-electron chi connectivity index (χ4n) is 8.95. The van der Waals surface area contributed by atoms with Gasteiger partial charge < -0.3 is 4.90 Å². The largest absolute Gasteiger partial charge is 0.310 e. The zero-order valence-corrected chi connectivity index (χ0v) is 32.4. The maximum absolute atomic E-state index is 2.44. The van der Waals surface area contributed by atoms with E-state index in [-0.39, 0.29) is 5.41 Å². The van der Waals surface area contributed by atoms with Crippen LogP contribution >= 0.6 is 11.3 Å². The molecule has 1 aliphatic carbocycles. The van der Waals surface area contributed by atoms with Crippen molar-refractivity contribution in [1.82, 2.24) is 0 Å². The highest BCUT2D eigenvalue weighted by molar-refractivity contribution is 7.25. The zero-order chi connectivity index (χ0) is 37.3. The monoisotopic (exact) mass is 723 g/mol. The molecule has 9 aromatic rings. The summed E-state index contributed by atoms with van der Waals surface area (Å²) in [6.45, 7) is 9.22. The molecule has 0 fully saturated rings. The fraction of sp³-hybridized carbons (Fsp3) is 0.0943. The average molecular weight is 724 g/mol. The third-order valence-electron chi connectivity index (χ3n) is 11.6. The molecule has 10 rings (SSSR count). The molecule has 1 heterocycles. The lowest BCUT2D eigenvalue weighted by atomic mass is 9.81. The van der Waals surface area contributed by atoms with Crippen LogP contribution in [0.4, 0.5) is 17.1 Å². The van der Waals surface area contributed by atoms with Crippen LogP contribution in [0.5, 0.6) is 0 Å². The van der Waals surface area contributed by atoms with Gasteiger partial charge in [0.15, 0.2) is 0 Å². The highest BCUT2D eigenvalue weighted by Crippen LogP contribution is 2.52. The van der Waals surface area contributed by atoms with Crippen LogP contribution in [0.1, 0.15) is 36.1 Å². The normalized spacial score (nSPS) is 12.9. The molecule has 0 N–H and O–H groups in total. The first kappa shape index (κ1) is 33.4. The quantitative estimate of drug-likeness (QED) is 0.165. The molecule has 55 heavy (non-hydrogen) atoms. The van der Waals surface area contributed by atoms with Gasteiger partial charge >= 0.3 is 0 Å². The smallest absolute Gasteiger partial charge is 0.0540 e. The number of fused-ring (bicyclic) bond motifs is 6. The van der Waals surface area contributed by atoms with Gasteiger partial charge in [-0.15, -0.1) is 11.3 Å². The Hall–Kier alpha value is -6.22. The van der Waals surface area contributed by atoms with Crippen molar-refractivity contribution < 1.29 is 0 Å².